The van der Waals surface area contributed by atoms with Gasteiger partial charge in [0.15, 0.2) is 6.61 Å². The molecule has 2 rings (SSSR count). The van der Waals surface area contributed by atoms with Gasteiger partial charge in [-0.25, -0.2) is 0 Å². The van der Waals surface area contributed by atoms with E-state index in [1.165, 1.54) is 0 Å². The first-order valence-electron chi connectivity index (χ1n) is 5.98. The average Bonchev–Trinajstić information content (AvgIpc) is 2.46. The molecule has 1 N–H and O–H groups in total. The Kier molecular flexibility index (Phi) is 4.55. The SMILES string of the molecule is O=C(COc1ccc(CO)cc1)N1CCOCC1. The van der Waals surface area contributed by atoms with Crippen molar-refractivity contribution in [2.45, 2.75) is 6.61 Å². The van der Waals surface area contributed by atoms with Gasteiger partial charge in [0.05, 0.1) is 19.8 Å². The lowest BCUT2D eigenvalue weighted by Crippen LogP contribution is -2.42. The van der Waals surface area contributed by atoms with Gasteiger partial charge < -0.3 is 19.5 Å². The van der Waals surface area contributed by atoms with Crippen LogP contribution in [0, 0.1) is 0 Å². The third-order valence-corrected chi connectivity index (χ3v) is 2.83. The minimum Gasteiger partial charge on any atom is -0.484 e. The monoisotopic (exact) mass is 251 g/mol. The number of benzene rings is 1. The first-order chi connectivity index (χ1) is 8.79. The standard InChI is InChI=1S/C13H17NO4/c15-9-11-1-3-12(4-2-11)18-10-13(16)14-5-7-17-8-6-14/h1-4,15H,5-10H2. The Labute approximate surface area is 106 Å². The van der Waals surface area contributed by atoms with Gasteiger partial charge in [0, 0.05) is 13.1 Å². The molecule has 1 amide bonds. The largest absolute Gasteiger partial charge is 0.484 e. The molecule has 0 bridgehead atoms. The first kappa shape index (κ1) is 12.9. The molecule has 5 heteroatoms. The molecule has 5 nitrogen and oxygen atoms in total. The Bertz CT molecular complexity index is 384. The number of ether oxygens (including phenoxy) is 2. The van der Waals surface area contributed by atoms with Gasteiger partial charge in [-0.3, -0.25) is 4.79 Å². The molecule has 1 aromatic rings. The molecule has 18 heavy (non-hydrogen) atoms. The highest BCUT2D eigenvalue weighted by molar-refractivity contribution is 5.77. The highest BCUT2D eigenvalue weighted by atomic mass is 16.5. The van der Waals surface area contributed by atoms with Gasteiger partial charge in [-0.15, -0.1) is 0 Å². The van der Waals surface area contributed by atoms with Crippen LogP contribution in [0.3, 0.4) is 0 Å². The molecule has 0 atom stereocenters. The molecule has 0 unspecified atom stereocenters. The summed E-state index contributed by atoms with van der Waals surface area (Å²) in [6, 6.07) is 7.04. The fraction of sp³-hybridized carbons (Fsp3) is 0.462. The third-order valence-electron chi connectivity index (χ3n) is 2.83. The number of carbonyl (C=O) groups excluding carboxylic acids is 1. The second-order valence-corrected chi connectivity index (χ2v) is 4.08. The Morgan fingerprint density at radius 2 is 1.94 bits per heavy atom. The summed E-state index contributed by atoms with van der Waals surface area (Å²) in [5.74, 6) is 0.610. The van der Waals surface area contributed by atoms with Crippen LogP contribution in [-0.2, 0) is 16.1 Å². The third kappa shape index (κ3) is 3.45. The Morgan fingerprint density at radius 1 is 1.28 bits per heavy atom. The molecule has 0 spiro atoms. The van der Waals surface area contributed by atoms with Crippen molar-refractivity contribution in [1.29, 1.82) is 0 Å². The summed E-state index contributed by atoms with van der Waals surface area (Å²) in [4.78, 5) is 13.5. The lowest BCUT2D eigenvalue weighted by Gasteiger charge is -2.26. The molecular formula is C13H17NO4. The van der Waals surface area contributed by atoms with Crippen LogP contribution in [0.5, 0.6) is 5.75 Å². The summed E-state index contributed by atoms with van der Waals surface area (Å²) in [7, 11) is 0. The van der Waals surface area contributed by atoms with Crippen LogP contribution in [0.2, 0.25) is 0 Å². The number of rotatable bonds is 4. The molecule has 1 aliphatic rings. The van der Waals surface area contributed by atoms with Crippen LogP contribution < -0.4 is 4.74 Å². The van der Waals surface area contributed by atoms with E-state index in [0.717, 1.165) is 5.56 Å². The maximum absolute atomic E-state index is 11.8. The highest BCUT2D eigenvalue weighted by Crippen LogP contribution is 2.12. The highest BCUT2D eigenvalue weighted by Gasteiger charge is 2.16. The van der Waals surface area contributed by atoms with E-state index in [-0.39, 0.29) is 19.1 Å². The van der Waals surface area contributed by atoms with Crippen molar-refractivity contribution in [1.82, 2.24) is 4.90 Å². The van der Waals surface area contributed by atoms with Gasteiger partial charge >= 0.3 is 0 Å². The van der Waals surface area contributed by atoms with Crippen molar-refractivity contribution in [3.8, 4) is 5.75 Å². The summed E-state index contributed by atoms with van der Waals surface area (Å²) >= 11 is 0. The lowest BCUT2D eigenvalue weighted by atomic mass is 10.2. The normalized spacial score (nSPS) is 15.5. The van der Waals surface area contributed by atoms with Crippen LogP contribution in [0.4, 0.5) is 0 Å². The summed E-state index contributed by atoms with van der Waals surface area (Å²) in [5, 5.41) is 8.90. The van der Waals surface area contributed by atoms with E-state index < -0.39 is 0 Å². The number of hydrogen-bond donors (Lipinski definition) is 1. The molecule has 0 aromatic heterocycles. The van der Waals surface area contributed by atoms with Crippen LogP contribution in [0.25, 0.3) is 0 Å². The van der Waals surface area contributed by atoms with Crippen molar-refractivity contribution in [2.24, 2.45) is 0 Å². The van der Waals surface area contributed by atoms with E-state index >= 15 is 0 Å². The molecule has 1 aliphatic heterocycles. The summed E-state index contributed by atoms with van der Waals surface area (Å²) in [6.45, 7) is 2.50. The Balaban J connectivity index is 1.80. The number of aliphatic hydroxyl groups excluding tert-OH is 1. The van der Waals surface area contributed by atoms with Gasteiger partial charge in [-0.2, -0.15) is 0 Å². The molecule has 1 heterocycles. The van der Waals surface area contributed by atoms with Crippen molar-refractivity contribution in [3.05, 3.63) is 29.8 Å². The van der Waals surface area contributed by atoms with E-state index in [2.05, 4.69) is 0 Å². The van der Waals surface area contributed by atoms with Gasteiger partial charge in [-0.1, -0.05) is 12.1 Å². The van der Waals surface area contributed by atoms with E-state index in [4.69, 9.17) is 14.6 Å². The Morgan fingerprint density at radius 3 is 2.56 bits per heavy atom. The zero-order valence-corrected chi connectivity index (χ0v) is 10.2. The number of carbonyl (C=O) groups is 1. The van der Waals surface area contributed by atoms with Crippen LogP contribution in [0.15, 0.2) is 24.3 Å². The number of morpholine rings is 1. The maximum Gasteiger partial charge on any atom is 0.260 e. The predicted octanol–water partition coefficient (Wildman–Crippen LogP) is 0.416. The molecule has 0 radical (unpaired) electrons. The summed E-state index contributed by atoms with van der Waals surface area (Å²) in [6.07, 6.45) is 0. The van der Waals surface area contributed by atoms with E-state index in [9.17, 15) is 4.79 Å². The van der Waals surface area contributed by atoms with E-state index in [1.54, 1.807) is 29.2 Å². The number of nitrogens with zero attached hydrogens (tertiary/aromatic N) is 1. The lowest BCUT2D eigenvalue weighted by molar-refractivity contribution is -0.137. The van der Waals surface area contributed by atoms with Crippen molar-refractivity contribution in [3.63, 3.8) is 0 Å². The number of hydrogen-bond acceptors (Lipinski definition) is 4. The Hall–Kier alpha value is -1.59. The van der Waals surface area contributed by atoms with Crippen molar-refractivity contribution >= 4 is 5.91 Å². The quantitative estimate of drug-likeness (QED) is 0.842. The first-order valence-corrected chi connectivity index (χ1v) is 5.98. The van der Waals surface area contributed by atoms with Crippen LogP contribution in [-0.4, -0.2) is 48.8 Å². The number of aliphatic hydroxyl groups is 1. The van der Waals surface area contributed by atoms with E-state index in [1.807, 2.05) is 0 Å². The summed E-state index contributed by atoms with van der Waals surface area (Å²) < 4.78 is 10.6. The van der Waals surface area contributed by atoms with Gasteiger partial charge in [0.1, 0.15) is 5.75 Å². The van der Waals surface area contributed by atoms with Gasteiger partial charge in [0.25, 0.3) is 5.91 Å². The molecule has 0 saturated carbocycles. The van der Waals surface area contributed by atoms with Crippen molar-refractivity contribution in [2.75, 3.05) is 32.9 Å². The van der Waals surface area contributed by atoms with Gasteiger partial charge in [0.2, 0.25) is 0 Å². The average molecular weight is 251 g/mol. The maximum atomic E-state index is 11.8. The molecule has 98 valence electrons. The van der Waals surface area contributed by atoms with E-state index in [0.29, 0.717) is 32.1 Å². The molecule has 1 aromatic carbocycles. The smallest absolute Gasteiger partial charge is 0.260 e. The molecule has 0 aliphatic carbocycles. The predicted molar refractivity (Wildman–Crippen MR) is 65.3 cm³/mol. The minimum atomic E-state index is -0.0236. The zero-order chi connectivity index (χ0) is 12.8. The zero-order valence-electron chi connectivity index (χ0n) is 10.2. The fourth-order valence-corrected chi connectivity index (χ4v) is 1.74. The molecular weight excluding hydrogens is 234 g/mol. The van der Waals surface area contributed by atoms with Gasteiger partial charge in [-0.05, 0) is 17.7 Å². The second-order valence-electron chi connectivity index (χ2n) is 4.08. The summed E-state index contributed by atoms with van der Waals surface area (Å²) in [5.41, 5.74) is 0.821. The van der Waals surface area contributed by atoms with Crippen LogP contribution >= 0.6 is 0 Å². The van der Waals surface area contributed by atoms with Crippen molar-refractivity contribution < 1.29 is 19.4 Å². The second kappa shape index (κ2) is 6.37. The van der Waals surface area contributed by atoms with Crippen LogP contribution in [0.1, 0.15) is 5.56 Å². The molecule has 1 saturated heterocycles. The number of amides is 1. The molecule has 1 fully saturated rings. The minimum absolute atomic E-state index is 0.00693. The topological polar surface area (TPSA) is 59.0 Å². The fourth-order valence-electron chi connectivity index (χ4n) is 1.74.